The SMILES string of the molecule is C=CCC1(C2C=CCCC2)C(=O)NC(=S)NC1=O.[Na]. The molecule has 0 saturated carbocycles. The van der Waals surface area contributed by atoms with Crippen molar-refractivity contribution in [3.63, 3.8) is 0 Å². The van der Waals surface area contributed by atoms with Crippen LogP contribution in [0.1, 0.15) is 25.7 Å². The standard InChI is InChI=1S/C13H16N2O2S.Na/c1-2-8-13(9-6-4-3-5-7-9)10(16)14-12(18)15-11(13)17;/h2,4,6,9H,1,3,5,7-8H2,(H2,14,15,16,17,18);. The molecule has 2 amide bonds. The van der Waals surface area contributed by atoms with Gasteiger partial charge in [0.2, 0.25) is 11.8 Å². The average molecular weight is 287 g/mol. The first-order valence-electron chi connectivity index (χ1n) is 6.05. The summed E-state index contributed by atoms with van der Waals surface area (Å²) in [7, 11) is 0. The van der Waals surface area contributed by atoms with Crippen molar-refractivity contribution in [2.24, 2.45) is 11.3 Å². The second-order valence-electron chi connectivity index (χ2n) is 4.67. The van der Waals surface area contributed by atoms with E-state index in [1.54, 1.807) is 6.08 Å². The summed E-state index contributed by atoms with van der Waals surface area (Å²) < 4.78 is 0. The van der Waals surface area contributed by atoms with E-state index in [9.17, 15) is 9.59 Å². The van der Waals surface area contributed by atoms with Gasteiger partial charge in [-0.2, -0.15) is 0 Å². The van der Waals surface area contributed by atoms with Crippen LogP contribution in [0.4, 0.5) is 0 Å². The zero-order chi connectivity index (χ0) is 13.2. The minimum absolute atomic E-state index is 0. The molecule has 6 heteroatoms. The van der Waals surface area contributed by atoms with E-state index in [1.807, 2.05) is 12.2 Å². The molecule has 1 fully saturated rings. The predicted octanol–water partition coefficient (Wildman–Crippen LogP) is 1.06. The van der Waals surface area contributed by atoms with Gasteiger partial charge in [-0.1, -0.05) is 18.2 Å². The Hall–Kier alpha value is -0.490. The molecule has 1 aliphatic heterocycles. The summed E-state index contributed by atoms with van der Waals surface area (Å²) in [6.07, 6.45) is 8.77. The van der Waals surface area contributed by atoms with E-state index in [0.717, 1.165) is 19.3 Å². The fourth-order valence-corrected chi connectivity index (χ4v) is 2.87. The van der Waals surface area contributed by atoms with Crippen LogP contribution in [0.5, 0.6) is 0 Å². The topological polar surface area (TPSA) is 58.2 Å². The molecular formula is C13H16N2NaO2S. The molecule has 97 valence electrons. The van der Waals surface area contributed by atoms with Crippen molar-refractivity contribution in [2.75, 3.05) is 0 Å². The van der Waals surface area contributed by atoms with Crippen LogP contribution in [-0.2, 0) is 9.59 Å². The first-order valence-corrected chi connectivity index (χ1v) is 6.46. The van der Waals surface area contributed by atoms with Crippen molar-refractivity contribution in [1.29, 1.82) is 0 Å². The molecule has 2 N–H and O–H groups in total. The fourth-order valence-electron chi connectivity index (χ4n) is 2.69. The first-order chi connectivity index (χ1) is 8.61. The number of amides is 2. The van der Waals surface area contributed by atoms with Gasteiger partial charge in [-0.05, 0) is 37.9 Å². The Labute approximate surface area is 140 Å². The van der Waals surface area contributed by atoms with Crippen LogP contribution in [0.15, 0.2) is 24.8 Å². The van der Waals surface area contributed by atoms with Crippen molar-refractivity contribution in [3.05, 3.63) is 24.8 Å². The fraction of sp³-hybridized carbons (Fsp3) is 0.462. The summed E-state index contributed by atoms with van der Waals surface area (Å²) in [5, 5.41) is 5.21. The Kier molecular flexibility index (Phi) is 5.92. The second kappa shape index (κ2) is 6.79. The van der Waals surface area contributed by atoms with Crippen LogP contribution in [0.25, 0.3) is 0 Å². The number of thiocarbonyl (C=S) groups is 1. The van der Waals surface area contributed by atoms with Crippen LogP contribution in [0.3, 0.4) is 0 Å². The Morgan fingerprint density at radius 1 is 1.42 bits per heavy atom. The quantitative estimate of drug-likeness (QED) is 0.353. The number of hydrogen-bond acceptors (Lipinski definition) is 3. The number of nitrogens with one attached hydrogen (secondary N) is 2. The third kappa shape index (κ3) is 2.99. The first kappa shape index (κ1) is 16.6. The molecule has 0 aromatic rings. The molecule has 1 atom stereocenters. The van der Waals surface area contributed by atoms with Gasteiger partial charge in [0.25, 0.3) is 0 Å². The van der Waals surface area contributed by atoms with E-state index in [1.165, 1.54) is 0 Å². The van der Waals surface area contributed by atoms with Crippen molar-refractivity contribution >= 4 is 58.7 Å². The van der Waals surface area contributed by atoms with E-state index in [4.69, 9.17) is 12.2 Å². The molecule has 4 nitrogen and oxygen atoms in total. The molecule has 0 aromatic carbocycles. The van der Waals surface area contributed by atoms with E-state index in [0.29, 0.717) is 6.42 Å². The summed E-state index contributed by atoms with van der Waals surface area (Å²) in [5.41, 5.74) is -1.10. The number of carbonyl (C=O) groups excluding carboxylic acids is 2. The van der Waals surface area contributed by atoms with Crippen LogP contribution >= 0.6 is 12.2 Å². The Morgan fingerprint density at radius 2 is 2.05 bits per heavy atom. The normalized spacial score (nSPS) is 25.1. The summed E-state index contributed by atoms with van der Waals surface area (Å²) >= 11 is 4.84. The maximum absolute atomic E-state index is 12.3. The molecule has 19 heavy (non-hydrogen) atoms. The zero-order valence-corrected chi connectivity index (χ0v) is 13.9. The van der Waals surface area contributed by atoms with E-state index < -0.39 is 5.41 Å². The minimum Gasteiger partial charge on any atom is -0.302 e. The molecule has 1 radical (unpaired) electrons. The van der Waals surface area contributed by atoms with Crippen LogP contribution < -0.4 is 10.6 Å². The molecule has 1 aliphatic carbocycles. The van der Waals surface area contributed by atoms with Crippen LogP contribution in [-0.4, -0.2) is 46.5 Å². The summed E-state index contributed by atoms with van der Waals surface area (Å²) in [6, 6.07) is 0. The third-order valence-electron chi connectivity index (χ3n) is 3.62. The Balaban J connectivity index is 0.00000180. The van der Waals surface area contributed by atoms with Crippen LogP contribution in [0.2, 0.25) is 0 Å². The number of allylic oxidation sites excluding steroid dienone is 3. The maximum Gasteiger partial charge on any atom is 0.242 e. The van der Waals surface area contributed by atoms with Crippen molar-refractivity contribution in [1.82, 2.24) is 10.6 Å². The maximum atomic E-state index is 12.3. The van der Waals surface area contributed by atoms with Crippen molar-refractivity contribution < 1.29 is 9.59 Å². The summed E-state index contributed by atoms with van der Waals surface area (Å²) in [6.45, 7) is 3.67. The number of carbonyl (C=O) groups is 2. The minimum atomic E-state index is -1.10. The predicted molar refractivity (Wildman–Crippen MR) is 78.4 cm³/mol. The van der Waals surface area contributed by atoms with Crippen molar-refractivity contribution in [3.8, 4) is 0 Å². The summed E-state index contributed by atoms with van der Waals surface area (Å²) in [4.78, 5) is 24.6. The van der Waals surface area contributed by atoms with E-state index in [2.05, 4.69) is 17.2 Å². The molecule has 1 unspecified atom stereocenters. The average Bonchev–Trinajstić information content (AvgIpc) is 2.35. The van der Waals surface area contributed by atoms with Gasteiger partial charge >= 0.3 is 0 Å². The number of hydrogen-bond donors (Lipinski definition) is 2. The second-order valence-corrected chi connectivity index (χ2v) is 5.08. The molecule has 0 bridgehead atoms. The summed E-state index contributed by atoms with van der Waals surface area (Å²) in [5.74, 6) is -0.715. The molecule has 2 aliphatic rings. The van der Waals surface area contributed by atoms with Gasteiger partial charge in [-0.3, -0.25) is 9.59 Å². The van der Waals surface area contributed by atoms with E-state index in [-0.39, 0.29) is 52.4 Å². The molecule has 1 saturated heterocycles. The van der Waals surface area contributed by atoms with Gasteiger partial charge < -0.3 is 10.6 Å². The van der Waals surface area contributed by atoms with Gasteiger partial charge in [-0.15, -0.1) is 6.58 Å². The largest absolute Gasteiger partial charge is 0.302 e. The Morgan fingerprint density at radius 3 is 2.53 bits per heavy atom. The number of rotatable bonds is 3. The van der Waals surface area contributed by atoms with Crippen molar-refractivity contribution in [2.45, 2.75) is 25.7 Å². The molecule has 2 rings (SSSR count). The van der Waals surface area contributed by atoms with Gasteiger partial charge in [0.1, 0.15) is 5.41 Å². The molecule has 1 heterocycles. The van der Waals surface area contributed by atoms with Gasteiger partial charge in [-0.25, -0.2) is 0 Å². The molecule has 0 aromatic heterocycles. The van der Waals surface area contributed by atoms with Crippen LogP contribution in [0, 0.1) is 11.3 Å². The third-order valence-corrected chi connectivity index (χ3v) is 3.82. The van der Waals surface area contributed by atoms with Gasteiger partial charge in [0.05, 0.1) is 0 Å². The smallest absolute Gasteiger partial charge is 0.242 e. The molecular weight excluding hydrogens is 271 g/mol. The Bertz CT molecular complexity index is 428. The van der Waals surface area contributed by atoms with Gasteiger partial charge in [0, 0.05) is 35.5 Å². The molecule has 0 spiro atoms. The van der Waals surface area contributed by atoms with Gasteiger partial charge in [0.15, 0.2) is 5.11 Å². The zero-order valence-electron chi connectivity index (χ0n) is 11.1. The van der Waals surface area contributed by atoms with E-state index >= 15 is 0 Å². The monoisotopic (exact) mass is 287 g/mol.